The second-order valence-corrected chi connectivity index (χ2v) is 10.5. The first kappa shape index (κ1) is 23.4. The minimum absolute atomic E-state index is 0.00330. The average Bonchev–Trinajstić information content (AvgIpc) is 3.22. The summed E-state index contributed by atoms with van der Waals surface area (Å²) in [6.45, 7) is 1.87. The van der Waals surface area contributed by atoms with Gasteiger partial charge in [0.2, 0.25) is 19.4 Å². The number of benzene rings is 2. The molecule has 1 amide bonds. The first-order valence-electron chi connectivity index (χ1n) is 9.74. The molecule has 174 valence electrons. The number of sulfone groups is 1. The molecule has 0 aromatic heterocycles. The van der Waals surface area contributed by atoms with E-state index in [0.717, 1.165) is 16.8 Å². The number of hydrogen-bond acceptors (Lipinski definition) is 9. The summed E-state index contributed by atoms with van der Waals surface area (Å²) in [7, 11) is -2.21. The number of nitrogens with one attached hydrogen (secondary N) is 1. The highest BCUT2D eigenvalue weighted by Crippen LogP contribution is 2.32. The van der Waals surface area contributed by atoms with E-state index in [1.54, 1.807) is 24.3 Å². The van der Waals surface area contributed by atoms with Crippen molar-refractivity contribution in [3.05, 3.63) is 64.7 Å². The second kappa shape index (κ2) is 8.88. The summed E-state index contributed by atoms with van der Waals surface area (Å²) in [6.07, 6.45) is 2.39. The van der Waals surface area contributed by atoms with Crippen molar-refractivity contribution in [3.8, 4) is 11.5 Å². The first-order chi connectivity index (χ1) is 16.1. The Morgan fingerprint density at radius 2 is 1.94 bits per heavy atom. The second-order valence-electron chi connectivity index (χ2n) is 7.33. The smallest absolute Gasteiger partial charge is 0.343 e. The number of thioether (sulfide) groups is 1. The molecule has 2 aromatic rings. The first-order valence-corrected chi connectivity index (χ1v) is 12.4. The van der Waals surface area contributed by atoms with Crippen LogP contribution in [0.2, 0.25) is 0 Å². The zero-order valence-corrected chi connectivity index (χ0v) is 19.9. The Morgan fingerprint density at radius 1 is 1.18 bits per heavy atom. The molecule has 1 N–H and O–H groups in total. The number of nitrogens with zero attached hydrogens (tertiary/aromatic N) is 3. The topological polar surface area (TPSA) is 139 Å². The number of carbonyl (C=O) groups excluding carboxylic acids is 2. The summed E-state index contributed by atoms with van der Waals surface area (Å²) in [4.78, 5) is 28.9. The van der Waals surface area contributed by atoms with E-state index in [-0.39, 0.29) is 32.5 Å². The number of rotatable bonds is 4. The Hall–Kier alpha value is -3.77. The Labute approximate surface area is 199 Å². The van der Waals surface area contributed by atoms with Gasteiger partial charge in [-0.15, -0.1) is 5.10 Å². The van der Waals surface area contributed by atoms with Gasteiger partial charge in [-0.3, -0.25) is 10.2 Å². The number of aryl methyl sites for hydroxylation is 1. The monoisotopic (exact) mass is 498 g/mol. The normalized spacial score (nSPS) is 16.8. The Bertz CT molecular complexity index is 1440. The Balaban J connectivity index is 1.61. The van der Waals surface area contributed by atoms with Gasteiger partial charge in [-0.25, -0.2) is 13.2 Å². The predicted octanol–water partition coefficient (Wildman–Crippen LogP) is 2.84. The van der Waals surface area contributed by atoms with E-state index in [1.807, 2.05) is 13.0 Å². The molecular formula is C22H18N4O6S2. The number of carbonyl (C=O) groups is 2. The summed E-state index contributed by atoms with van der Waals surface area (Å²) in [5.74, 6) is -1.15. The maximum Gasteiger partial charge on any atom is 0.343 e. The zero-order chi connectivity index (χ0) is 24.6. The minimum Gasteiger partial charge on any atom is -0.493 e. The van der Waals surface area contributed by atoms with Gasteiger partial charge in [0, 0.05) is 6.26 Å². The summed E-state index contributed by atoms with van der Waals surface area (Å²) in [6, 6.07) is 11.6. The lowest BCUT2D eigenvalue weighted by Crippen LogP contribution is -2.35. The van der Waals surface area contributed by atoms with E-state index in [1.165, 1.54) is 25.3 Å². The van der Waals surface area contributed by atoms with Crippen LogP contribution in [0.15, 0.2) is 58.1 Å². The average molecular weight is 499 g/mol. The highest BCUT2D eigenvalue weighted by Gasteiger charge is 2.38. The standard InChI is InChI=1S/C22H18N4O6S2/c1-12-5-4-6-14(9-12)20(28)32-16-8-7-13(11-17(16)31-2)10-15-18(23)26-21(24-19(15)27)33-22(25-26)34(3,29)30/h4-11,23H,1-3H3/b15-10-,23-18?. The molecule has 2 aromatic carbocycles. The molecule has 0 aliphatic carbocycles. The fraction of sp³-hybridized carbons (Fsp3) is 0.136. The molecule has 4 rings (SSSR count). The largest absolute Gasteiger partial charge is 0.493 e. The number of amides is 1. The van der Waals surface area contributed by atoms with Gasteiger partial charge in [0.1, 0.15) is 0 Å². The quantitative estimate of drug-likeness (QED) is 0.386. The van der Waals surface area contributed by atoms with Crippen LogP contribution in [0, 0.1) is 12.3 Å². The van der Waals surface area contributed by atoms with Crippen molar-refractivity contribution in [1.82, 2.24) is 5.01 Å². The Kier molecular flexibility index (Phi) is 6.11. The summed E-state index contributed by atoms with van der Waals surface area (Å²) >= 11 is 0.711. The van der Waals surface area contributed by atoms with E-state index in [2.05, 4.69) is 10.1 Å². The minimum atomic E-state index is -3.62. The summed E-state index contributed by atoms with van der Waals surface area (Å²) in [5, 5.41) is 13.2. The van der Waals surface area contributed by atoms with Crippen LogP contribution in [0.3, 0.4) is 0 Å². The van der Waals surface area contributed by atoms with Gasteiger partial charge < -0.3 is 9.47 Å². The van der Waals surface area contributed by atoms with E-state index in [4.69, 9.17) is 14.9 Å². The predicted molar refractivity (Wildman–Crippen MR) is 129 cm³/mol. The molecular weight excluding hydrogens is 480 g/mol. The number of esters is 1. The lowest BCUT2D eigenvalue weighted by molar-refractivity contribution is -0.114. The van der Waals surface area contributed by atoms with Crippen LogP contribution in [0.1, 0.15) is 21.5 Å². The van der Waals surface area contributed by atoms with E-state index in [9.17, 15) is 18.0 Å². The molecule has 0 spiro atoms. The third kappa shape index (κ3) is 4.63. The van der Waals surface area contributed by atoms with Gasteiger partial charge in [-0.2, -0.15) is 10.0 Å². The van der Waals surface area contributed by atoms with Crippen molar-refractivity contribution < 1.29 is 27.5 Å². The van der Waals surface area contributed by atoms with E-state index in [0.29, 0.717) is 22.9 Å². The van der Waals surface area contributed by atoms with Crippen LogP contribution < -0.4 is 9.47 Å². The van der Waals surface area contributed by atoms with Crippen LogP contribution in [0.5, 0.6) is 11.5 Å². The lowest BCUT2D eigenvalue weighted by atomic mass is 10.1. The number of aliphatic imine (C=N–C) groups is 1. The maximum atomic E-state index is 12.5. The molecule has 0 radical (unpaired) electrons. The number of amidine groups is 2. The summed E-state index contributed by atoms with van der Waals surface area (Å²) < 4.78 is 34.1. The van der Waals surface area contributed by atoms with Crippen molar-refractivity contribution in [1.29, 1.82) is 5.41 Å². The van der Waals surface area contributed by atoms with Crippen LogP contribution in [-0.2, 0) is 14.6 Å². The molecule has 34 heavy (non-hydrogen) atoms. The molecule has 0 saturated carbocycles. The number of methoxy groups -OCH3 is 1. The van der Waals surface area contributed by atoms with Crippen LogP contribution in [-0.4, -0.2) is 54.0 Å². The van der Waals surface area contributed by atoms with Crippen molar-refractivity contribution in [2.75, 3.05) is 13.4 Å². The van der Waals surface area contributed by atoms with Crippen molar-refractivity contribution >= 4 is 54.9 Å². The highest BCUT2D eigenvalue weighted by molar-refractivity contribution is 8.42. The van der Waals surface area contributed by atoms with E-state index >= 15 is 0 Å². The fourth-order valence-corrected chi connectivity index (χ4v) is 4.77. The number of fused-ring (bicyclic) bond motifs is 1. The number of hydrogen-bond donors (Lipinski definition) is 1. The van der Waals surface area contributed by atoms with Crippen LogP contribution in [0.25, 0.3) is 6.08 Å². The lowest BCUT2D eigenvalue weighted by Gasteiger charge is -2.20. The molecule has 2 aliphatic rings. The fourth-order valence-electron chi connectivity index (χ4n) is 3.08. The van der Waals surface area contributed by atoms with Gasteiger partial charge in [0.05, 0.1) is 18.2 Å². The van der Waals surface area contributed by atoms with Crippen LogP contribution >= 0.6 is 11.8 Å². The molecule has 2 aliphatic heterocycles. The van der Waals surface area contributed by atoms with Gasteiger partial charge >= 0.3 is 5.97 Å². The van der Waals surface area contributed by atoms with Gasteiger partial charge in [0.25, 0.3) is 5.91 Å². The molecule has 0 atom stereocenters. The van der Waals surface area contributed by atoms with Crippen molar-refractivity contribution in [3.63, 3.8) is 0 Å². The maximum absolute atomic E-state index is 12.5. The molecule has 12 heteroatoms. The SMILES string of the molecule is COc1cc(/C=C2/C(=N)N3N=C(S(C)(=O)=O)SC3=NC2=O)ccc1OC(=O)c1cccc(C)c1. The molecule has 0 fully saturated rings. The third-order valence-corrected chi connectivity index (χ3v) is 7.29. The molecule has 10 nitrogen and oxygen atoms in total. The third-order valence-electron chi connectivity index (χ3n) is 4.71. The molecule has 0 saturated heterocycles. The van der Waals surface area contributed by atoms with Crippen molar-refractivity contribution in [2.24, 2.45) is 10.1 Å². The molecule has 0 bridgehead atoms. The van der Waals surface area contributed by atoms with Crippen LogP contribution in [0.4, 0.5) is 0 Å². The van der Waals surface area contributed by atoms with Gasteiger partial charge in [-0.05, 0) is 54.6 Å². The molecule has 0 unspecified atom stereocenters. The summed E-state index contributed by atoms with van der Waals surface area (Å²) in [5.41, 5.74) is 1.69. The number of ether oxygens (including phenoxy) is 2. The van der Waals surface area contributed by atoms with Gasteiger partial charge in [0.15, 0.2) is 17.3 Å². The number of hydrazone groups is 1. The molecule has 2 heterocycles. The van der Waals surface area contributed by atoms with E-state index < -0.39 is 21.7 Å². The van der Waals surface area contributed by atoms with Crippen molar-refractivity contribution in [2.45, 2.75) is 6.92 Å². The highest BCUT2D eigenvalue weighted by atomic mass is 32.3. The Morgan fingerprint density at radius 3 is 2.62 bits per heavy atom. The van der Waals surface area contributed by atoms with Gasteiger partial charge in [-0.1, -0.05) is 23.8 Å². The zero-order valence-electron chi connectivity index (χ0n) is 18.2.